The number of allylic oxidation sites excluding steroid dienone is 20. The maximum Gasteiger partial charge on any atom is 0.207 e. The van der Waals surface area contributed by atoms with Gasteiger partial charge in [-0.1, -0.05) is 116 Å². The van der Waals surface area contributed by atoms with Crippen molar-refractivity contribution in [3.8, 4) is 23.0 Å². The van der Waals surface area contributed by atoms with Crippen molar-refractivity contribution in [1.82, 2.24) is 0 Å². The minimum Gasteiger partial charge on any atom is -0.492 e. The SMILES string of the molecule is COCCOCOc1c(C/C=C(\C)CC/C=C(\C)CC/C=C(\C)CC/C=C(\C)CC/C=C(\C)CC/C=C(\C)CC/C=C(\C)CC/C=C(\C)CC/C=C(\C)CCC=C(C)C)c(C)c(OC)c(OC)c1OC. The van der Waals surface area contributed by atoms with Crippen molar-refractivity contribution in [3.05, 3.63) is 128 Å². The Morgan fingerprint density at radius 1 is 0.343 bits per heavy atom. The van der Waals surface area contributed by atoms with Gasteiger partial charge in [-0.3, -0.25) is 0 Å². The Morgan fingerprint density at radius 3 is 0.914 bits per heavy atom. The third-order valence-corrected chi connectivity index (χ3v) is 13.0. The van der Waals surface area contributed by atoms with E-state index in [1.54, 1.807) is 28.4 Å². The van der Waals surface area contributed by atoms with Crippen molar-refractivity contribution in [2.24, 2.45) is 0 Å². The van der Waals surface area contributed by atoms with Crippen LogP contribution < -0.4 is 18.9 Å². The molecule has 394 valence electrons. The van der Waals surface area contributed by atoms with Crippen LogP contribution in [0.4, 0.5) is 0 Å². The third-order valence-electron chi connectivity index (χ3n) is 13.0. The van der Waals surface area contributed by atoms with Gasteiger partial charge in [-0.2, -0.15) is 0 Å². The smallest absolute Gasteiger partial charge is 0.207 e. The molecule has 0 heterocycles. The molecule has 0 amide bonds. The topological polar surface area (TPSA) is 55.4 Å². The van der Waals surface area contributed by atoms with Crippen LogP contribution in [0.5, 0.6) is 23.0 Å². The molecule has 6 nitrogen and oxygen atoms in total. The Bertz CT molecular complexity index is 1970. The van der Waals surface area contributed by atoms with Gasteiger partial charge in [0.2, 0.25) is 11.5 Å². The second-order valence-corrected chi connectivity index (χ2v) is 20.0. The molecule has 70 heavy (non-hydrogen) atoms. The summed E-state index contributed by atoms with van der Waals surface area (Å²) in [6.45, 7) is 27.9. The van der Waals surface area contributed by atoms with E-state index in [-0.39, 0.29) is 6.79 Å². The normalized spacial score (nSPS) is 13.9. The number of hydrogen-bond donors (Lipinski definition) is 0. The van der Waals surface area contributed by atoms with Gasteiger partial charge in [-0.15, -0.1) is 0 Å². The molecular weight excluding hydrogens is 865 g/mol. The van der Waals surface area contributed by atoms with Crippen LogP contribution in [0.1, 0.15) is 203 Å². The highest BCUT2D eigenvalue weighted by atomic mass is 16.7. The average molecular weight is 968 g/mol. The molecule has 1 rings (SSSR count). The van der Waals surface area contributed by atoms with E-state index in [0.717, 1.165) is 107 Å². The first-order valence-electron chi connectivity index (χ1n) is 26.6. The summed E-state index contributed by atoms with van der Waals surface area (Å²) in [4.78, 5) is 0. The maximum absolute atomic E-state index is 6.14. The van der Waals surface area contributed by atoms with Crippen LogP contribution in [-0.2, 0) is 15.9 Å². The van der Waals surface area contributed by atoms with Crippen LogP contribution in [0.3, 0.4) is 0 Å². The van der Waals surface area contributed by atoms with Gasteiger partial charge in [-0.25, -0.2) is 0 Å². The highest BCUT2D eigenvalue weighted by Gasteiger charge is 2.25. The largest absolute Gasteiger partial charge is 0.492 e. The summed E-state index contributed by atoms with van der Waals surface area (Å²) in [6.07, 6.45) is 45.2. The van der Waals surface area contributed by atoms with Crippen LogP contribution >= 0.6 is 0 Å². The van der Waals surface area contributed by atoms with Crippen LogP contribution in [0.2, 0.25) is 0 Å². The molecule has 0 aromatic heterocycles. The Hall–Kier alpha value is -4.26. The third kappa shape index (κ3) is 29.8. The van der Waals surface area contributed by atoms with E-state index in [1.807, 2.05) is 6.92 Å². The summed E-state index contributed by atoms with van der Waals surface area (Å²) in [6, 6.07) is 0. The first-order chi connectivity index (χ1) is 33.6. The molecule has 0 fully saturated rings. The van der Waals surface area contributed by atoms with Gasteiger partial charge in [0, 0.05) is 18.2 Å². The summed E-state index contributed by atoms with van der Waals surface area (Å²) < 4.78 is 34.1. The fourth-order valence-electron chi connectivity index (χ4n) is 8.29. The summed E-state index contributed by atoms with van der Waals surface area (Å²) in [5.41, 5.74) is 16.7. The second kappa shape index (κ2) is 39.4. The molecule has 1 aromatic carbocycles. The van der Waals surface area contributed by atoms with Gasteiger partial charge in [0.15, 0.2) is 18.3 Å². The Kier molecular flexibility index (Phi) is 35.9. The van der Waals surface area contributed by atoms with Gasteiger partial charge in [-0.05, 0) is 205 Å². The van der Waals surface area contributed by atoms with Gasteiger partial charge < -0.3 is 28.4 Å². The molecule has 0 N–H and O–H groups in total. The molecule has 0 aliphatic rings. The van der Waals surface area contributed by atoms with E-state index in [0.29, 0.717) is 42.6 Å². The molecule has 0 saturated heterocycles. The number of rotatable bonds is 38. The zero-order chi connectivity index (χ0) is 52.1. The lowest BCUT2D eigenvalue weighted by Crippen LogP contribution is -2.11. The van der Waals surface area contributed by atoms with Crippen molar-refractivity contribution in [3.63, 3.8) is 0 Å². The summed E-state index contributed by atoms with van der Waals surface area (Å²) in [7, 11) is 6.52. The summed E-state index contributed by atoms with van der Waals surface area (Å²) >= 11 is 0. The lowest BCUT2D eigenvalue weighted by atomic mass is 9.99. The van der Waals surface area contributed by atoms with Crippen molar-refractivity contribution in [2.45, 2.75) is 205 Å². The highest BCUT2D eigenvalue weighted by Crippen LogP contribution is 2.49. The number of hydrogen-bond acceptors (Lipinski definition) is 6. The second-order valence-electron chi connectivity index (χ2n) is 20.0. The van der Waals surface area contributed by atoms with Crippen molar-refractivity contribution in [2.75, 3.05) is 48.4 Å². The first kappa shape index (κ1) is 63.8. The number of ether oxygens (including phenoxy) is 6. The van der Waals surface area contributed by atoms with Crippen molar-refractivity contribution in [1.29, 1.82) is 0 Å². The molecule has 0 radical (unpaired) electrons. The van der Waals surface area contributed by atoms with Crippen molar-refractivity contribution >= 4 is 0 Å². The van der Waals surface area contributed by atoms with Crippen LogP contribution in [0, 0.1) is 6.92 Å². The molecule has 0 atom stereocenters. The molecule has 0 spiro atoms. The van der Waals surface area contributed by atoms with E-state index < -0.39 is 0 Å². The van der Waals surface area contributed by atoms with Gasteiger partial charge in [0.1, 0.15) is 0 Å². The monoisotopic (exact) mass is 967 g/mol. The predicted octanol–water partition coefficient (Wildman–Crippen LogP) is 19.1. The van der Waals surface area contributed by atoms with Gasteiger partial charge in [0.25, 0.3) is 0 Å². The zero-order valence-corrected chi connectivity index (χ0v) is 47.8. The standard InChI is InChI=1S/C64H102O6/c1-49(2)26-17-27-50(3)28-18-29-51(4)30-19-31-52(5)32-20-33-53(6)34-21-35-54(7)36-22-37-55(8)38-23-39-56(9)40-24-41-57(10)42-25-43-58(11)44-45-60-59(12)61(66-14)63(67-15)64(68-16)62(60)70-48-69-47-46-65-13/h26,28,30,32,34,36,38,40,42,44H,17-25,27,29,31,33,35,37,39,41,43,45-48H2,1-16H3/b50-28+,51-30+,52-32+,53-34+,54-36+,55-38+,56-40+,57-42+,58-44+. The predicted molar refractivity (Wildman–Crippen MR) is 304 cm³/mol. The maximum atomic E-state index is 6.14. The summed E-state index contributed by atoms with van der Waals surface area (Å²) in [5, 5.41) is 0. The summed E-state index contributed by atoms with van der Waals surface area (Å²) in [5.74, 6) is 2.26. The minimum atomic E-state index is 0.0755. The molecule has 0 bridgehead atoms. The van der Waals surface area contributed by atoms with Crippen LogP contribution in [0.15, 0.2) is 116 Å². The lowest BCUT2D eigenvalue weighted by molar-refractivity contribution is -0.01000. The molecule has 0 aliphatic heterocycles. The first-order valence-corrected chi connectivity index (χ1v) is 26.6. The number of methoxy groups -OCH3 is 4. The molecule has 0 saturated carbocycles. The fourth-order valence-corrected chi connectivity index (χ4v) is 8.29. The molecule has 1 aromatic rings. The Balaban J connectivity index is 2.44. The number of benzene rings is 1. The van der Waals surface area contributed by atoms with E-state index in [2.05, 4.69) is 137 Å². The van der Waals surface area contributed by atoms with Crippen LogP contribution in [-0.4, -0.2) is 48.4 Å². The van der Waals surface area contributed by atoms with E-state index >= 15 is 0 Å². The molecular formula is C64H102O6. The van der Waals surface area contributed by atoms with Crippen LogP contribution in [0.25, 0.3) is 0 Å². The molecule has 6 heteroatoms. The van der Waals surface area contributed by atoms with E-state index in [4.69, 9.17) is 28.4 Å². The molecule has 0 unspecified atom stereocenters. The van der Waals surface area contributed by atoms with Crippen molar-refractivity contribution < 1.29 is 28.4 Å². The van der Waals surface area contributed by atoms with Gasteiger partial charge in [0.05, 0.1) is 34.5 Å². The van der Waals surface area contributed by atoms with E-state index in [9.17, 15) is 0 Å². The lowest BCUT2D eigenvalue weighted by Gasteiger charge is -2.22. The minimum absolute atomic E-state index is 0.0755. The fraction of sp³-hybridized carbons (Fsp3) is 0.594. The van der Waals surface area contributed by atoms with Gasteiger partial charge >= 0.3 is 0 Å². The average Bonchev–Trinajstić information content (AvgIpc) is 3.30. The quantitative estimate of drug-likeness (QED) is 0.0374. The van der Waals surface area contributed by atoms with E-state index in [1.165, 1.54) is 75.0 Å². The Labute approximate surface area is 430 Å². The molecule has 0 aliphatic carbocycles. The Morgan fingerprint density at radius 2 is 0.629 bits per heavy atom. The zero-order valence-electron chi connectivity index (χ0n) is 47.8. The highest BCUT2D eigenvalue weighted by molar-refractivity contribution is 5.67.